The number of urea groups is 1. The molecule has 0 radical (unpaired) electrons. The summed E-state index contributed by atoms with van der Waals surface area (Å²) in [5.41, 5.74) is 1.86. The van der Waals surface area contributed by atoms with Gasteiger partial charge in [-0.15, -0.1) is 0 Å². The number of carbonyl (C=O) groups excluding carboxylic acids is 2. The first-order chi connectivity index (χ1) is 15.1. The number of aromatic nitrogens is 2. The first-order valence-corrected chi connectivity index (χ1v) is 10.3. The lowest BCUT2D eigenvalue weighted by Crippen LogP contribution is -2.43. The van der Waals surface area contributed by atoms with Crippen LogP contribution < -0.4 is 16.0 Å². The van der Waals surface area contributed by atoms with Crippen LogP contribution in [0, 0.1) is 5.92 Å². The van der Waals surface area contributed by atoms with E-state index in [0.717, 1.165) is 11.1 Å². The van der Waals surface area contributed by atoms with Crippen LogP contribution in [0.5, 0.6) is 0 Å². The van der Waals surface area contributed by atoms with Crippen LogP contribution in [-0.2, 0) is 11.3 Å². The normalized spacial score (nSPS) is 20.2. The lowest BCUT2D eigenvalue weighted by Gasteiger charge is -2.18. The Morgan fingerprint density at radius 3 is 2.45 bits per heavy atom. The molecule has 1 heterocycles. The van der Waals surface area contributed by atoms with Gasteiger partial charge in [-0.2, -0.15) is 4.98 Å². The van der Waals surface area contributed by atoms with Crippen molar-refractivity contribution in [1.82, 2.24) is 26.1 Å². The van der Waals surface area contributed by atoms with Crippen LogP contribution in [0.3, 0.4) is 0 Å². The van der Waals surface area contributed by atoms with E-state index < -0.39 is 0 Å². The number of nitrogens with one attached hydrogen (secondary N) is 3. The molecule has 1 saturated carbocycles. The zero-order chi connectivity index (χ0) is 21.6. The highest BCUT2D eigenvalue weighted by Gasteiger charge is 2.42. The molecule has 3 N–H and O–H groups in total. The Bertz CT molecular complexity index is 1020. The van der Waals surface area contributed by atoms with Gasteiger partial charge in [-0.1, -0.05) is 65.8 Å². The van der Waals surface area contributed by atoms with Gasteiger partial charge in [-0.05, 0) is 18.4 Å². The van der Waals surface area contributed by atoms with Crippen molar-refractivity contribution >= 4 is 11.9 Å². The Kier molecular flexibility index (Phi) is 6.26. The van der Waals surface area contributed by atoms with Crippen molar-refractivity contribution in [3.05, 3.63) is 72.1 Å². The van der Waals surface area contributed by atoms with Gasteiger partial charge >= 0.3 is 6.03 Å². The predicted octanol–water partition coefficient (Wildman–Crippen LogP) is 2.84. The molecule has 3 atom stereocenters. The number of carbonyl (C=O) groups is 2. The fourth-order valence-electron chi connectivity index (χ4n) is 3.98. The number of benzene rings is 2. The molecule has 0 unspecified atom stereocenters. The van der Waals surface area contributed by atoms with Crippen molar-refractivity contribution < 1.29 is 14.1 Å². The molecule has 8 nitrogen and oxygen atoms in total. The molecule has 4 rings (SSSR count). The van der Waals surface area contributed by atoms with Gasteiger partial charge in [0.2, 0.25) is 17.6 Å². The SMILES string of the molecule is CNC(=O)[C@H]1C[C@H](NC(=O)NCc2ccccc2)[C@H](c2nc(-c3ccccc3)no2)C1. The van der Waals surface area contributed by atoms with E-state index in [1.807, 2.05) is 60.7 Å². The van der Waals surface area contributed by atoms with Crippen LogP contribution in [-0.4, -0.2) is 35.2 Å². The van der Waals surface area contributed by atoms with Crippen LogP contribution >= 0.6 is 0 Å². The number of rotatable bonds is 6. The lowest BCUT2D eigenvalue weighted by atomic mass is 10.0. The summed E-state index contributed by atoms with van der Waals surface area (Å²) < 4.78 is 5.54. The number of hydrogen-bond donors (Lipinski definition) is 3. The molecule has 2 aromatic carbocycles. The molecule has 1 aromatic heterocycles. The van der Waals surface area contributed by atoms with Crippen molar-refractivity contribution in [2.45, 2.75) is 31.3 Å². The topological polar surface area (TPSA) is 109 Å². The fraction of sp³-hybridized carbons (Fsp3) is 0.304. The summed E-state index contributed by atoms with van der Waals surface area (Å²) in [5.74, 6) is 0.392. The molecule has 0 saturated heterocycles. The Labute approximate surface area is 180 Å². The maximum atomic E-state index is 12.5. The Balaban J connectivity index is 1.47. The lowest BCUT2D eigenvalue weighted by molar-refractivity contribution is -0.124. The molecule has 3 aromatic rings. The molecule has 1 aliphatic rings. The van der Waals surface area contributed by atoms with Gasteiger partial charge in [0.05, 0.1) is 5.92 Å². The summed E-state index contributed by atoms with van der Waals surface area (Å²) in [6, 6.07) is 18.6. The monoisotopic (exact) mass is 419 g/mol. The van der Waals surface area contributed by atoms with Crippen LogP contribution in [0.25, 0.3) is 11.4 Å². The van der Waals surface area contributed by atoms with Gasteiger partial charge in [-0.3, -0.25) is 4.79 Å². The minimum Gasteiger partial charge on any atom is -0.359 e. The summed E-state index contributed by atoms with van der Waals surface area (Å²) in [4.78, 5) is 29.3. The van der Waals surface area contributed by atoms with E-state index in [2.05, 4.69) is 26.1 Å². The summed E-state index contributed by atoms with van der Waals surface area (Å²) in [5, 5.41) is 12.7. The van der Waals surface area contributed by atoms with Gasteiger partial charge in [0.1, 0.15) is 0 Å². The van der Waals surface area contributed by atoms with Crippen molar-refractivity contribution in [3.63, 3.8) is 0 Å². The van der Waals surface area contributed by atoms with Crippen LogP contribution in [0.1, 0.15) is 30.2 Å². The molecular weight excluding hydrogens is 394 g/mol. The van der Waals surface area contributed by atoms with Crippen LogP contribution in [0.2, 0.25) is 0 Å². The quantitative estimate of drug-likeness (QED) is 0.569. The van der Waals surface area contributed by atoms with Crippen molar-refractivity contribution in [3.8, 4) is 11.4 Å². The first-order valence-electron chi connectivity index (χ1n) is 10.3. The van der Waals surface area contributed by atoms with Gasteiger partial charge in [0.15, 0.2) is 0 Å². The van der Waals surface area contributed by atoms with Crippen LogP contribution in [0.4, 0.5) is 4.79 Å². The van der Waals surface area contributed by atoms with E-state index in [1.165, 1.54) is 0 Å². The third-order valence-corrected chi connectivity index (χ3v) is 5.58. The molecule has 31 heavy (non-hydrogen) atoms. The summed E-state index contributed by atoms with van der Waals surface area (Å²) in [6.45, 7) is 0.418. The van der Waals surface area contributed by atoms with Crippen LogP contribution in [0.15, 0.2) is 65.2 Å². The fourth-order valence-corrected chi connectivity index (χ4v) is 3.98. The standard InChI is InChI=1S/C23H25N5O3/c1-24-21(29)17-12-18(22-27-20(28-31-22)16-10-6-3-7-11-16)19(13-17)26-23(30)25-14-15-8-4-2-5-9-15/h2-11,17-19H,12-14H2,1H3,(H,24,29)(H2,25,26,30)/t17-,18-,19+/m1/s1. The molecule has 0 aliphatic heterocycles. The highest BCUT2D eigenvalue weighted by Crippen LogP contribution is 2.38. The Morgan fingerprint density at radius 1 is 1.03 bits per heavy atom. The van der Waals surface area contributed by atoms with E-state index in [-0.39, 0.29) is 29.8 Å². The van der Waals surface area contributed by atoms with E-state index in [9.17, 15) is 9.59 Å². The molecule has 0 bridgehead atoms. The smallest absolute Gasteiger partial charge is 0.315 e. The molecular formula is C23H25N5O3. The molecule has 3 amide bonds. The molecule has 0 spiro atoms. The Morgan fingerprint density at radius 2 is 1.74 bits per heavy atom. The minimum atomic E-state index is -0.292. The van der Waals surface area contributed by atoms with Gasteiger partial charge in [-0.25, -0.2) is 4.79 Å². The first kappa shape index (κ1) is 20.6. The largest absolute Gasteiger partial charge is 0.359 e. The number of amides is 3. The Hall–Kier alpha value is -3.68. The maximum absolute atomic E-state index is 12.5. The highest BCUT2D eigenvalue weighted by atomic mass is 16.5. The maximum Gasteiger partial charge on any atom is 0.315 e. The third-order valence-electron chi connectivity index (χ3n) is 5.58. The zero-order valence-corrected chi connectivity index (χ0v) is 17.2. The van der Waals surface area contributed by atoms with E-state index in [0.29, 0.717) is 31.1 Å². The predicted molar refractivity (Wildman–Crippen MR) is 115 cm³/mol. The van der Waals surface area contributed by atoms with E-state index in [4.69, 9.17) is 4.52 Å². The molecule has 8 heteroatoms. The second kappa shape index (κ2) is 9.42. The van der Waals surface area contributed by atoms with Gasteiger partial charge in [0.25, 0.3) is 0 Å². The van der Waals surface area contributed by atoms with E-state index in [1.54, 1.807) is 7.05 Å². The van der Waals surface area contributed by atoms with Gasteiger partial charge < -0.3 is 20.5 Å². The zero-order valence-electron chi connectivity index (χ0n) is 17.2. The molecule has 1 aliphatic carbocycles. The van der Waals surface area contributed by atoms with E-state index >= 15 is 0 Å². The summed E-state index contributed by atoms with van der Waals surface area (Å²) >= 11 is 0. The molecule has 160 valence electrons. The number of nitrogens with zero attached hydrogens (tertiary/aromatic N) is 2. The van der Waals surface area contributed by atoms with Crippen molar-refractivity contribution in [1.29, 1.82) is 0 Å². The van der Waals surface area contributed by atoms with Crippen molar-refractivity contribution in [2.24, 2.45) is 5.92 Å². The summed E-state index contributed by atoms with van der Waals surface area (Å²) in [6.07, 6.45) is 1.03. The highest BCUT2D eigenvalue weighted by molar-refractivity contribution is 5.79. The minimum absolute atomic E-state index is 0.0539. The second-order valence-corrected chi connectivity index (χ2v) is 7.63. The third kappa shape index (κ3) is 4.91. The average molecular weight is 419 g/mol. The second-order valence-electron chi connectivity index (χ2n) is 7.63. The van der Waals surface area contributed by atoms with Gasteiger partial charge in [0, 0.05) is 31.1 Å². The van der Waals surface area contributed by atoms with Crippen molar-refractivity contribution in [2.75, 3.05) is 7.05 Å². The number of hydrogen-bond acceptors (Lipinski definition) is 5. The average Bonchev–Trinajstić information content (AvgIpc) is 3.46. The summed E-state index contributed by atoms with van der Waals surface area (Å²) in [7, 11) is 1.62. The molecule has 1 fully saturated rings.